The second-order valence-electron chi connectivity index (χ2n) is 2.05. The van der Waals surface area contributed by atoms with E-state index in [2.05, 4.69) is 6.58 Å². The lowest BCUT2D eigenvalue weighted by molar-refractivity contribution is 0.649. The molecule has 0 saturated carbocycles. The average molecular weight is 177 g/mol. The van der Waals surface area contributed by atoms with Gasteiger partial charge in [-0.15, -0.1) is 0 Å². The summed E-state index contributed by atoms with van der Waals surface area (Å²) in [6.07, 6.45) is 1.03. The molecule has 0 aliphatic heterocycles. The molecule has 0 aliphatic rings. The molecule has 4 heteroatoms. The van der Waals surface area contributed by atoms with Gasteiger partial charge in [-0.3, -0.25) is 0 Å². The zero-order chi connectivity index (χ0) is 9.02. The number of allylic oxidation sites excluding steroid dienone is 4. The van der Waals surface area contributed by atoms with Crippen LogP contribution >= 0.6 is 11.6 Å². The van der Waals surface area contributed by atoms with E-state index >= 15 is 0 Å². The monoisotopic (exact) mass is 176 g/mol. The lowest BCUT2D eigenvalue weighted by Gasteiger charge is -1.95. The largest absolute Gasteiger partial charge is 0.401 e. The summed E-state index contributed by atoms with van der Waals surface area (Å²) in [6, 6.07) is 0. The third-order valence-electron chi connectivity index (χ3n) is 0.937. The minimum Gasteiger partial charge on any atom is -0.401 e. The quantitative estimate of drug-likeness (QED) is 0.630. The van der Waals surface area contributed by atoms with Gasteiger partial charge in [-0.25, -0.2) is 4.39 Å². The normalized spacial score (nSPS) is 14.3. The first-order valence-electron chi connectivity index (χ1n) is 2.89. The Morgan fingerprint density at radius 1 is 1.55 bits per heavy atom. The van der Waals surface area contributed by atoms with Crippen LogP contribution in [0.1, 0.15) is 6.92 Å². The molecule has 2 nitrogen and oxygen atoms in total. The first-order valence-corrected chi connectivity index (χ1v) is 3.26. The van der Waals surface area contributed by atoms with Crippen molar-refractivity contribution in [1.82, 2.24) is 0 Å². The predicted molar refractivity (Wildman–Crippen MR) is 45.3 cm³/mol. The number of hydrogen-bond donors (Lipinski definition) is 2. The van der Waals surface area contributed by atoms with E-state index in [9.17, 15) is 4.39 Å². The smallest absolute Gasteiger partial charge is 0.147 e. The summed E-state index contributed by atoms with van der Waals surface area (Å²) in [7, 11) is 0. The summed E-state index contributed by atoms with van der Waals surface area (Å²) in [5, 5.41) is 0.133. The Kier molecular flexibility index (Phi) is 3.68. The maximum absolute atomic E-state index is 12.6. The van der Waals surface area contributed by atoms with Gasteiger partial charge in [0.05, 0.1) is 10.7 Å². The van der Waals surface area contributed by atoms with Crippen molar-refractivity contribution in [3.63, 3.8) is 0 Å². The molecule has 0 fully saturated rings. The maximum atomic E-state index is 12.6. The van der Waals surface area contributed by atoms with Crippen LogP contribution in [0.3, 0.4) is 0 Å². The van der Waals surface area contributed by atoms with Crippen molar-refractivity contribution < 1.29 is 4.39 Å². The Labute approximate surface area is 70.0 Å². The molecule has 0 unspecified atom stereocenters. The zero-order valence-corrected chi connectivity index (χ0v) is 6.95. The van der Waals surface area contributed by atoms with Crippen LogP contribution in [0.15, 0.2) is 34.9 Å². The van der Waals surface area contributed by atoms with Gasteiger partial charge >= 0.3 is 0 Å². The standard InChI is InChI=1S/C7H10ClFN2/c1-4(10)6(8)3-7(9)5(2)11/h3H,2,10-11H2,1H3/b6-4+,7-3+. The molecule has 0 spiro atoms. The van der Waals surface area contributed by atoms with Gasteiger partial charge in [-0.2, -0.15) is 0 Å². The Balaban J connectivity index is 4.58. The molecule has 0 heterocycles. The Morgan fingerprint density at radius 3 is 2.27 bits per heavy atom. The van der Waals surface area contributed by atoms with E-state index in [1.807, 2.05) is 0 Å². The molecule has 0 amide bonds. The fourth-order valence-electron chi connectivity index (χ4n) is 0.318. The molecule has 0 rings (SSSR count). The van der Waals surface area contributed by atoms with Crippen LogP contribution in [0.5, 0.6) is 0 Å². The fourth-order valence-corrected chi connectivity index (χ4v) is 0.414. The van der Waals surface area contributed by atoms with Crippen molar-refractivity contribution in [1.29, 1.82) is 0 Å². The molecule has 11 heavy (non-hydrogen) atoms. The summed E-state index contributed by atoms with van der Waals surface area (Å²) in [5.74, 6) is -0.667. The maximum Gasteiger partial charge on any atom is 0.147 e. The van der Waals surface area contributed by atoms with Crippen LogP contribution in [0.25, 0.3) is 0 Å². The van der Waals surface area contributed by atoms with Crippen LogP contribution in [0.2, 0.25) is 0 Å². The second-order valence-corrected chi connectivity index (χ2v) is 2.46. The Hall–Kier alpha value is -0.960. The van der Waals surface area contributed by atoms with Crippen molar-refractivity contribution in [2.75, 3.05) is 0 Å². The molecule has 0 aromatic carbocycles. The number of rotatable bonds is 2. The van der Waals surface area contributed by atoms with E-state index < -0.39 is 5.83 Å². The van der Waals surface area contributed by atoms with E-state index in [0.717, 1.165) is 6.08 Å². The first-order chi connectivity index (χ1) is 4.95. The lowest BCUT2D eigenvalue weighted by Crippen LogP contribution is -1.96. The fraction of sp³-hybridized carbons (Fsp3) is 0.143. The number of halogens is 2. The molecule has 0 bridgehead atoms. The van der Waals surface area contributed by atoms with Crippen molar-refractivity contribution in [2.45, 2.75) is 6.92 Å². The molecule has 0 aliphatic carbocycles. The molecule has 0 aromatic rings. The van der Waals surface area contributed by atoms with Gasteiger partial charge in [-0.1, -0.05) is 18.2 Å². The topological polar surface area (TPSA) is 52.0 Å². The van der Waals surface area contributed by atoms with E-state index in [4.69, 9.17) is 23.1 Å². The van der Waals surface area contributed by atoms with Crippen LogP contribution in [-0.2, 0) is 0 Å². The van der Waals surface area contributed by atoms with Gasteiger partial charge in [0.1, 0.15) is 5.83 Å². The predicted octanol–water partition coefficient (Wildman–Crippen LogP) is 1.74. The van der Waals surface area contributed by atoms with Crippen LogP contribution in [-0.4, -0.2) is 0 Å². The Bertz CT molecular complexity index is 227. The minimum atomic E-state index is -0.667. The van der Waals surface area contributed by atoms with Crippen LogP contribution in [0.4, 0.5) is 4.39 Å². The molecule has 0 atom stereocenters. The molecule has 0 radical (unpaired) electrons. The van der Waals surface area contributed by atoms with Crippen molar-refractivity contribution in [3.8, 4) is 0 Å². The SMILES string of the molecule is C=C(N)/C(F)=C\C(Cl)=C(\C)N. The summed E-state index contributed by atoms with van der Waals surface area (Å²) >= 11 is 5.50. The highest BCUT2D eigenvalue weighted by Crippen LogP contribution is 2.13. The third-order valence-corrected chi connectivity index (χ3v) is 1.34. The van der Waals surface area contributed by atoms with Crippen LogP contribution in [0, 0.1) is 0 Å². The minimum absolute atomic E-state index is 0.133. The van der Waals surface area contributed by atoms with Gasteiger partial charge in [0.2, 0.25) is 0 Å². The highest BCUT2D eigenvalue weighted by Gasteiger charge is 1.98. The van der Waals surface area contributed by atoms with E-state index in [-0.39, 0.29) is 10.7 Å². The highest BCUT2D eigenvalue weighted by molar-refractivity contribution is 6.31. The van der Waals surface area contributed by atoms with Gasteiger partial charge in [0, 0.05) is 5.70 Å². The number of hydrogen-bond acceptors (Lipinski definition) is 2. The van der Waals surface area contributed by atoms with Crippen molar-refractivity contribution in [2.24, 2.45) is 11.5 Å². The summed E-state index contributed by atoms with van der Waals surface area (Å²) in [5.41, 5.74) is 10.4. The summed E-state index contributed by atoms with van der Waals surface area (Å²) < 4.78 is 12.6. The molecular formula is C7H10ClFN2. The van der Waals surface area contributed by atoms with Crippen molar-refractivity contribution in [3.05, 3.63) is 34.9 Å². The third kappa shape index (κ3) is 3.68. The molecular weight excluding hydrogens is 167 g/mol. The molecule has 0 saturated heterocycles. The molecule has 0 aromatic heterocycles. The Morgan fingerprint density at radius 2 is 2.00 bits per heavy atom. The van der Waals surface area contributed by atoms with E-state index in [0.29, 0.717) is 5.70 Å². The zero-order valence-electron chi connectivity index (χ0n) is 6.20. The number of nitrogens with two attached hydrogens (primary N) is 2. The summed E-state index contributed by atoms with van der Waals surface area (Å²) in [6.45, 7) is 4.74. The van der Waals surface area contributed by atoms with Gasteiger partial charge in [-0.05, 0) is 13.0 Å². The molecule has 62 valence electrons. The summed E-state index contributed by atoms with van der Waals surface area (Å²) in [4.78, 5) is 0. The second kappa shape index (κ2) is 4.03. The van der Waals surface area contributed by atoms with Gasteiger partial charge < -0.3 is 11.5 Å². The van der Waals surface area contributed by atoms with E-state index in [1.54, 1.807) is 6.92 Å². The first kappa shape index (κ1) is 10.0. The van der Waals surface area contributed by atoms with Crippen molar-refractivity contribution >= 4 is 11.6 Å². The lowest BCUT2D eigenvalue weighted by atomic mass is 10.3. The van der Waals surface area contributed by atoms with E-state index in [1.165, 1.54) is 0 Å². The molecule has 4 N–H and O–H groups in total. The average Bonchev–Trinajstić information content (AvgIpc) is 1.87. The van der Waals surface area contributed by atoms with Crippen LogP contribution < -0.4 is 11.5 Å². The highest BCUT2D eigenvalue weighted by atomic mass is 35.5. The van der Waals surface area contributed by atoms with Gasteiger partial charge in [0.15, 0.2) is 0 Å². The van der Waals surface area contributed by atoms with Gasteiger partial charge in [0.25, 0.3) is 0 Å².